The van der Waals surface area contributed by atoms with E-state index in [1.807, 2.05) is 72.0 Å². The maximum atomic E-state index is 4.92. The van der Waals surface area contributed by atoms with Gasteiger partial charge in [-0.1, -0.05) is 127 Å². The van der Waals surface area contributed by atoms with E-state index in [1.165, 1.54) is 47.8 Å². The van der Waals surface area contributed by atoms with Crippen LogP contribution in [0.3, 0.4) is 0 Å². The third-order valence-electron chi connectivity index (χ3n) is 8.70. The zero-order chi connectivity index (χ0) is 31.2. The molecule has 0 unspecified atom stereocenters. The van der Waals surface area contributed by atoms with E-state index in [4.69, 9.17) is 15.0 Å². The van der Waals surface area contributed by atoms with Gasteiger partial charge >= 0.3 is 0 Å². The Morgan fingerprint density at radius 2 is 0.766 bits per heavy atom. The zero-order valence-electron chi connectivity index (χ0n) is 25.3. The van der Waals surface area contributed by atoms with Gasteiger partial charge in [0.1, 0.15) is 0 Å². The van der Waals surface area contributed by atoms with Crippen LogP contribution in [0.25, 0.3) is 87.4 Å². The smallest absolute Gasteiger partial charge is 0.164 e. The van der Waals surface area contributed by atoms with E-state index in [2.05, 4.69) is 103 Å². The number of fused-ring (bicyclic) bond motifs is 4. The van der Waals surface area contributed by atoms with Gasteiger partial charge < -0.3 is 0 Å². The fraction of sp³-hybridized carbons (Fsp3) is 0. The van der Waals surface area contributed by atoms with Crippen molar-refractivity contribution in [1.82, 2.24) is 15.0 Å². The summed E-state index contributed by atoms with van der Waals surface area (Å²) in [5.74, 6) is 1.99. The molecule has 0 spiro atoms. The molecule has 0 N–H and O–H groups in total. The third kappa shape index (κ3) is 5.15. The summed E-state index contributed by atoms with van der Waals surface area (Å²) in [6.45, 7) is 0. The van der Waals surface area contributed by atoms with E-state index < -0.39 is 0 Å². The van der Waals surface area contributed by atoms with Crippen LogP contribution in [0.15, 0.2) is 164 Å². The van der Waals surface area contributed by atoms with Crippen molar-refractivity contribution in [2.45, 2.75) is 0 Å². The molecule has 0 aliphatic rings. The second-order valence-corrected chi connectivity index (χ2v) is 12.8. The van der Waals surface area contributed by atoms with Crippen LogP contribution in [0.2, 0.25) is 0 Å². The fourth-order valence-electron chi connectivity index (χ4n) is 6.29. The quantitative estimate of drug-likeness (QED) is 0.193. The van der Waals surface area contributed by atoms with Crippen LogP contribution in [0.4, 0.5) is 0 Å². The molecule has 0 fully saturated rings. The van der Waals surface area contributed by atoms with Crippen LogP contribution in [-0.2, 0) is 0 Å². The Labute approximate surface area is 276 Å². The monoisotopic (exact) mass is 617 g/mol. The van der Waals surface area contributed by atoms with Gasteiger partial charge in [-0.25, -0.2) is 15.0 Å². The average molecular weight is 618 g/mol. The van der Waals surface area contributed by atoms with Crippen LogP contribution >= 0.6 is 11.3 Å². The lowest BCUT2D eigenvalue weighted by Gasteiger charge is -2.10. The first-order valence-corrected chi connectivity index (χ1v) is 16.5. The Kier molecular flexibility index (Phi) is 6.65. The number of rotatable bonds is 5. The first-order chi connectivity index (χ1) is 23.2. The summed E-state index contributed by atoms with van der Waals surface area (Å²) in [5.41, 5.74) is 7.71. The molecule has 0 saturated heterocycles. The first-order valence-electron chi connectivity index (χ1n) is 15.7. The fourth-order valence-corrected chi connectivity index (χ4v) is 7.37. The summed E-state index contributed by atoms with van der Waals surface area (Å²) in [7, 11) is 0. The van der Waals surface area contributed by atoms with E-state index >= 15 is 0 Å². The van der Waals surface area contributed by atoms with Crippen molar-refractivity contribution in [3.05, 3.63) is 164 Å². The number of benzene rings is 7. The molecule has 2 heterocycles. The van der Waals surface area contributed by atoms with Crippen LogP contribution < -0.4 is 0 Å². The molecule has 4 heteroatoms. The second kappa shape index (κ2) is 11.4. The number of thiophene rings is 1. The van der Waals surface area contributed by atoms with Crippen LogP contribution in [-0.4, -0.2) is 15.0 Å². The molecule has 3 nitrogen and oxygen atoms in total. The summed E-state index contributed by atoms with van der Waals surface area (Å²) in [4.78, 5) is 14.7. The summed E-state index contributed by atoms with van der Waals surface area (Å²) >= 11 is 1.85. The summed E-state index contributed by atoms with van der Waals surface area (Å²) < 4.78 is 2.65. The first kappa shape index (κ1) is 27.3. The number of aromatic nitrogens is 3. The van der Waals surface area contributed by atoms with Crippen molar-refractivity contribution < 1.29 is 0 Å². The van der Waals surface area contributed by atoms with Gasteiger partial charge in [0.2, 0.25) is 0 Å². The van der Waals surface area contributed by atoms with E-state index in [9.17, 15) is 0 Å². The lowest BCUT2D eigenvalue weighted by atomic mass is 9.96. The molecular formula is C43H27N3S. The molecule has 7 aromatic carbocycles. The van der Waals surface area contributed by atoms with Gasteiger partial charge in [0.15, 0.2) is 17.5 Å². The maximum Gasteiger partial charge on any atom is 0.164 e. The van der Waals surface area contributed by atoms with Gasteiger partial charge in [-0.3, -0.25) is 0 Å². The SMILES string of the molecule is c1ccc(-c2nc(-c3ccccc3)nc(-c3ccc4cc(-c5cccc(-c6ccc7sc8ccccc8c7c6)c5)ccc4c3)n2)cc1. The predicted molar refractivity (Wildman–Crippen MR) is 197 cm³/mol. The molecule has 0 aliphatic carbocycles. The highest BCUT2D eigenvalue weighted by Gasteiger charge is 2.13. The minimum Gasteiger partial charge on any atom is -0.208 e. The van der Waals surface area contributed by atoms with Crippen molar-refractivity contribution >= 4 is 42.3 Å². The molecule has 0 radical (unpaired) electrons. The lowest BCUT2D eigenvalue weighted by Crippen LogP contribution is -2.00. The highest BCUT2D eigenvalue weighted by molar-refractivity contribution is 7.25. The molecule has 0 atom stereocenters. The summed E-state index contributed by atoms with van der Waals surface area (Å²) in [5, 5.41) is 4.95. The molecule has 9 rings (SSSR count). The van der Waals surface area contributed by atoms with Crippen LogP contribution in [0.1, 0.15) is 0 Å². The number of nitrogens with zero attached hydrogens (tertiary/aromatic N) is 3. The summed E-state index contributed by atoms with van der Waals surface area (Å²) in [6.07, 6.45) is 0. The molecule has 0 aliphatic heterocycles. The Morgan fingerprint density at radius 1 is 0.298 bits per heavy atom. The molecule has 220 valence electrons. The average Bonchev–Trinajstić information content (AvgIpc) is 3.53. The molecule has 2 aromatic heterocycles. The van der Waals surface area contributed by atoms with E-state index in [-0.39, 0.29) is 0 Å². The van der Waals surface area contributed by atoms with Crippen molar-refractivity contribution in [3.8, 4) is 56.4 Å². The molecular weight excluding hydrogens is 591 g/mol. The van der Waals surface area contributed by atoms with Gasteiger partial charge in [0, 0.05) is 36.9 Å². The number of hydrogen-bond donors (Lipinski definition) is 0. The molecule has 9 aromatic rings. The van der Waals surface area contributed by atoms with Gasteiger partial charge in [0.05, 0.1) is 0 Å². The third-order valence-corrected chi connectivity index (χ3v) is 9.86. The second-order valence-electron chi connectivity index (χ2n) is 11.7. The molecule has 47 heavy (non-hydrogen) atoms. The Hall–Kier alpha value is -5.97. The minimum atomic E-state index is 0.659. The molecule has 0 saturated carbocycles. The Bertz CT molecular complexity index is 2510. The molecule has 0 bridgehead atoms. The number of hydrogen-bond acceptors (Lipinski definition) is 4. The zero-order valence-corrected chi connectivity index (χ0v) is 26.2. The summed E-state index contributed by atoms with van der Waals surface area (Å²) in [6, 6.07) is 57.7. The van der Waals surface area contributed by atoms with E-state index in [0.717, 1.165) is 22.1 Å². The van der Waals surface area contributed by atoms with E-state index in [1.54, 1.807) is 0 Å². The predicted octanol–water partition coefficient (Wildman–Crippen LogP) is 11.7. The minimum absolute atomic E-state index is 0.659. The topological polar surface area (TPSA) is 38.7 Å². The Balaban J connectivity index is 1.08. The Morgan fingerprint density at radius 3 is 1.45 bits per heavy atom. The molecule has 0 amide bonds. The highest BCUT2D eigenvalue weighted by Crippen LogP contribution is 2.37. The largest absolute Gasteiger partial charge is 0.208 e. The van der Waals surface area contributed by atoms with Gasteiger partial charge in [-0.15, -0.1) is 11.3 Å². The van der Waals surface area contributed by atoms with Gasteiger partial charge in [-0.05, 0) is 69.4 Å². The van der Waals surface area contributed by atoms with Crippen molar-refractivity contribution in [2.75, 3.05) is 0 Å². The van der Waals surface area contributed by atoms with Crippen molar-refractivity contribution in [2.24, 2.45) is 0 Å². The lowest BCUT2D eigenvalue weighted by molar-refractivity contribution is 1.07. The van der Waals surface area contributed by atoms with Crippen LogP contribution in [0, 0.1) is 0 Å². The van der Waals surface area contributed by atoms with Crippen molar-refractivity contribution in [3.63, 3.8) is 0 Å². The van der Waals surface area contributed by atoms with Crippen LogP contribution in [0.5, 0.6) is 0 Å². The van der Waals surface area contributed by atoms with Gasteiger partial charge in [0.25, 0.3) is 0 Å². The maximum absolute atomic E-state index is 4.92. The normalized spacial score (nSPS) is 11.4. The van der Waals surface area contributed by atoms with Crippen molar-refractivity contribution in [1.29, 1.82) is 0 Å². The van der Waals surface area contributed by atoms with E-state index in [0.29, 0.717) is 17.5 Å². The highest BCUT2D eigenvalue weighted by atomic mass is 32.1. The van der Waals surface area contributed by atoms with Gasteiger partial charge in [-0.2, -0.15) is 0 Å². The standard InChI is InChI=1S/C43H27N3S/c1-3-10-28(11-4-1)41-44-42(29-12-5-2-6-13-29)46-43(45-41)36-21-20-33-25-32(18-19-34(33)26-36)30-14-9-15-31(24-30)35-22-23-40-38(27-35)37-16-7-8-17-39(37)47-40/h1-27H.